The van der Waals surface area contributed by atoms with E-state index in [0.29, 0.717) is 6.54 Å². The van der Waals surface area contributed by atoms with Gasteiger partial charge in [0.25, 0.3) is 0 Å². The van der Waals surface area contributed by atoms with E-state index in [4.69, 9.17) is 69.6 Å². The summed E-state index contributed by atoms with van der Waals surface area (Å²) in [5.74, 6) is 0. The largest absolute Gasteiger partial charge is 0.245 e. The van der Waals surface area contributed by atoms with Gasteiger partial charge < -0.3 is 0 Å². The summed E-state index contributed by atoms with van der Waals surface area (Å²) in [5.41, 5.74) is 0.180. The average Bonchev–Trinajstić information content (AvgIpc) is 2.46. The van der Waals surface area contributed by atoms with Gasteiger partial charge in [-0.15, -0.1) is 5.10 Å². The minimum Gasteiger partial charge on any atom is -0.245 e. The molecule has 1 aromatic heterocycles. The Balaban J connectivity index is 3.25. The van der Waals surface area contributed by atoms with Crippen molar-refractivity contribution in [1.29, 1.82) is 0 Å². The minimum atomic E-state index is -1.94. The van der Waals surface area contributed by atoms with Crippen LogP contribution in [0.4, 0.5) is 0 Å². The second-order valence-corrected chi connectivity index (χ2v) is 6.99. The maximum Gasteiger partial charge on any atom is 0.228 e. The van der Waals surface area contributed by atoms with Gasteiger partial charge in [0.15, 0.2) is 5.15 Å². The second-order valence-electron chi connectivity index (χ2n) is 3.02. The number of halogens is 6. The van der Waals surface area contributed by atoms with Gasteiger partial charge >= 0.3 is 0 Å². The van der Waals surface area contributed by atoms with Crippen molar-refractivity contribution in [3.63, 3.8) is 0 Å². The Labute approximate surface area is 123 Å². The third-order valence-corrected chi connectivity index (χ3v) is 4.39. The predicted molar refractivity (Wildman–Crippen MR) is 69.0 cm³/mol. The first-order chi connectivity index (χ1) is 7.21. The molecule has 1 heterocycles. The third-order valence-electron chi connectivity index (χ3n) is 1.78. The van der Waals surface area contributed by atoms with Crippen LogP contribution in [0.2, 0.25) is 5.15 Å². The fourth-order valence-corrected chi connectivity index (χ4v) is 2.10. The molecule has 0 fully saturated rings. The highest BCUT2D eigenvalue weighted by molar-refractivity contribution is 6.75. The maximum atomic E-state index is 6.01. The predicted octanol–water partition coefficient (Wildman–Crippen LogP) is 4.34. The number of alkyl halides is 5. The summed E-state index contributed by atoms with van der Waals surface area (Å²) in [6.45, 7) is 2.47. The molecule has 0 amide bonds. The lowest BCUT2D eigenvalue weighted by atomic mass is 10.3. The lowest BCUT2D eigenvalue weighted by Crippen LogP contribution is -2.31. The summed E-state index contributed by atoms with van der Waals surface area (Å²) in [5, 5.41) is 7.44. The number of rotatable bonds is 3. The van der Waals surface area contributed by atoms with Crippen LogP contribution < -0.4 is 0 Å². The van der Waals surface area contributed by atoms with Gasteiger partial charge in [-0.05, 0) is 6.42 Å². The van der Waals surface area contributed by atoms with Crippen LogP contribution in [0, 0.1) is 0 Å². The first-order valence-corrected chi connectivity index (χ1v) is 6.52. The Morgan fingerprint density at radius 3 is 2.19 bits per heavy atom. The van der Waals surface area contributed by atoms with E-state index in [1.807, 2.05) is 6.92 Å². The molecule has 1 rings (SSSR count). The smallest absolute Gasteiger partial charge is 0.228 e. The summed E-state index contributed by atoms with van der Waals surface area (Å²) < 4.78 is -2.33. The van der Waals surface area contributed by atoms with Gasteiger partial charge in [-0.3, -0.25) is 0 Å². The van der Waals surface area contributed by atoms with Crippen LogP contribution in [0.5, 0.6) is 0 Å². The molecule has 0 aromatic carbocycles. The molecular weight excluding hydrogens is 339 g/mol. The highest BCUT2D eigenvalue weighted by Crippen LogP contribution is 2.53. The standard InChI is InChI=1S/C7H7Cl6N3/c1-2-3-16-4(5(8)14-15-16)6(9,10)7(11,12)13/h2-3H2,1H3. The number of hydrogen-bond donors (Lipinski definition) is 0. The Morgan fingerprint density at radius 2 is 1.75 bits per heavy atom. The molecule has 1 aromatic rings. The molecule has 0 spiro atoms. The van der Waals surface area contributed by atoms with Crippen molar-refractivity contribution in [3.05, 3.63) is 10.8 Å². The lowest BCUT2D eigenvalue weighted by Gasteiger charge is -2.27. The van der Waals surface area contributed by atoms with Gasteiger partial charge in [0.2, 0.25) is 8.13 Å². The van der Waals surface area contributed by atoms with E-state index in [2.05, 4.69) is 10.3 Å². The lowest BCUT2D eigenvalue weighted by molar-refractivity contribution is 0.543. The highest BCUT2D eigenvalue weighted by atomic mass is 35.6. The van der Waals surface area contributed by atoms with Crippen molar-refractivity contribution in [2.24, 2.45) is 0 Å². The number of nitrogens with zero attached hydrogens (tertiary/aromatic N) is 3. The monoisotopic (exact) mass is 343 g/mol. The first kappa shape index (κ1) is 14.9. The SMILES string of the molecule is CCCn1nnc(Cl)c1C(Cl)(Cl)C(Cl)(Cl)Cl. The molecule has 0 unspecified atom stereocenters. The van der Waals surface area contributed by atoms with Crippen LogP contribution in [0.1, 0.15) is 19.0 Å². The molecule has 92 valence electrons. The third kappa shape index (κ3) is 2.82. The van der Waals surface area contributed by atoms with E-state index >= 15 is 0 Å². The van der Waals surface area contributed by atoms with Crippen LogP contribution in [0.3, 0.4) is 0 Å². The van der Waals surface area contributed by atoms with Crippen LogP contribution >= 0.6 is 69.6 Å². The summed E-state index contributed by atoms with van der Waals surface area (Å²) in [4.78, 5) is 0. The van der Waals surface area contributed by atoms with Crippen LogP contribution in [-0.2, 0) is 10.9 Å². The first-order valence-electron chi connectivity index (χ1n) is 4.25. The second kappa shape index (κ2) is 5.25. The fourth-order valence-electron chi connectivity index (χ4n) is 1.09. The molecule has 9 heteroatoms. The summed E-state index contributed by atoms with van der Waals surface area (Å²) in [7, 11) is 0. The van der Waals surface area contributed by atoms with E-state index in [-0.39, 0.29) is 10.8 Å². The number of aryl methyl sites for hydroxylation is 1. The summed E-state index contributed by atoms with van der Waals surface area (Å²) >= 11 is 35.0. The molecular formula is C7H7Cl6N3. The summed E-state index contributed by atoms with van der Waals surface area (Å²) in [6, 6.07) is 0. The molecule has 0 saturated carbocycles. The highest BCUT2D eigenvalue weighted by Gasteiger charge is 2.51. The molecule has 0 bridgehead atoms. The molecule has 0 aliphatic carbocycles. The van der Waals surface area contributed by atoms with Gasteiger partial charge in [0.1, 0.15) is 5.69 Å². The maximum absolute atomic E-state index is 6.01. The van der Waals surface area contributed by atoms with Gasteiger partial charge in [0, 0.05) is 6.54 Å². The Bertz CT molecular complexity index is 369. The molecule has 0 atom stereocenters. The van der Waals surface area contributed by atoms with Crippen LogP contribution in [-0.4, -0.2) is 18.8 Å². The van der Waals surface area contributed by atoms with E-state index < -0.39 is 8.13 Å². The van der Waals surface area contributed by atoms with Gasteiger partial charge in [0.05, 0.1) is 0 Å². The van der Waals surface area contributed by atoms with E-state index in [1.54, 1.807) is 0 Å². The van der Waals surface area contributed by atoms with Crippen LogP contribution in [0.25, 0.3) is 0 Å². The van der Waals surface area contributed by atoms with Gasteiger partial charge in [-0.2, -0.15) is 0 Å². The zero-order chi connectivity index (χ0) is 12.6. The zero-order valence-corrected chi connectivity index (χ0v) is 12.6. The molecule has 0 radical (unpaired) electrons. The van der Waals surface area contributed by atoms with Crippen LogP contribution in [0.15, 0.2) is 0 Å². The van der Waals surface area contributed by atoms with Gasteiger partial charge in [-0.1, -0.05) is 81.7 Å². The number of aromatic nitrogens is 3. The number of hydrogen-bond acceptors (Lipinski definition) is 2. The molecule has 0 aliphatic heterocycles. The molecule has 0 aliphatic rings. The Hall–Kier alpha value is 0.880. The normalized spacial score (nSPS) is 13.2. The molecule has 16 heavy (non-hydrogen) atoms. The molecule has 0 N–H and O–H groups in total. The van der Waals surface area contributed by atoms with Crippen molar-refractivity contribution >= 4 is 69.6 Å². The summed E-state index contributed by atoms with van der Waals surface area (Å²) in [6.07, 6.45) is 0.788. The topological polar surface area (TPSA) is 30.7 Å². The van der Waals surface area contributed by atoms with E-state index in [0.717, 1.165) is 6.42 Å². The average molecular weight is 346 g/mol. The van der Waals surface area contributed by atoms with E-state index in [9.17, 15) is 0 Å². The van der Waals surface area contributed by atoms with Crippen molar-refractivity contribution in [3.8, 4) is 0 Å². The molecule has 3 nitrogen and oxygen atoms in total. The van der Waals surface area contributed by atoms with Crippen molar-refractivity contribution in [1.82, 2.24) is 15.0 Å². The minimum absolute atomic E-state index is 0.0183. The molecule has 0 saturated heterocycles. The fraction of sp³-hybridized carbons (Fsp3) is 0.714. The Kier molecular flexibility index (Phi) is 4.90. The van der Waals surface area contributed by atoms with Crippen molar-refractivity contribution < 1.29 is 0 Å². The van der Waals surface area contributed by atoms with E-state index in [1.165, 1.54) is 4.68 Å². The van der Waals surface area contributed by atoms with Gasteiger partial charge in [-0.25, -0.2) is 4.68 Å². The zero-order valence-electron chi connectivity index (χ0n) is 8.02. The van der Waals surface area contributed by atoms with Crippen molar-refractivity contribution in [2.75, 3.05) is 0 Å². The quantitative estimate of drug-likeness (QED) is 0.763. The van der Waals surface area contributed by atoms with Crippen molar-refractivity contribution in [2.45, 2.75) is 28.0 Å². The Morgan fingerprint density at radius 1 is 1.19 bits per heavy atom.